The molecule has 2 N–H and O–H groups in total. The van der Waals surface area contributed by atoms with E-state index in [0.717, 1.165) is 0 Å². The molecule has 0 bridgehead atoms. The number of hydrogen-bond acceptors (Lipinski definition) is 6. The predicted octanol–water partition coefficient (Wildman–Crippen LogP) is 5.59. The van der Waals surface area contributed by atoms with Crippen molar-refractivity contribution in [2.24, 2.45) is 0 Å². The number of benzene rings is 3. The van der Waals surface area contributed by atoms with Gasteiger partial charge in [-0.2, -0.15) is 0 Å². The summed E-state index contributed by atoms with van der Waals surface area (Å²) in [5.74, 6) is 0.635. The van der Waals surface area contributed by atoms with Gasteiger partial charge in [-0.05, 0) is 48.5 Å². The molecule has 10 nitrogen and oxygen atoms in total. The van der Waals surface area contributed by atoms with Gasteiger partial charge in [-0.15, -0.1) is 0 Å². The van der Waals surface area contributed by atoms with Crippen LogP contribution in [0.1, 0.15) is 0 Å². The van der Waals surface area contributed by atoms with E-state index in [-0.39, 0.29) is 28.5 Å². The van der Waals surface area contributed by atoms with E-state index in [0.29, 0.717) is 10.8 Å². The van der Waals surface area contributed by atoms with Crippen molar-refractivity contribution in [1.82, 2.24) is 0 Å². The van der Waals surface area contributed by atoms with Crippen LogP contribution in [0.5, 0.6) is 11.5 Å². The number of halogens is 1. The minimum Gasteiger partial charge on any atom is -0.457 e. The summed E-state index contributed by atoms with van der Waals surface area (Å²) in [6, 6.07) is 14.8. The maximum atomic E-state index is 12.2. The SMILES string of the molecule is O=C(Nc1ccc([N+](=O)[O-])cc1)Nc1ccc(Oc2ccc(Cl)cc2)cc1[N+](=O)[O-]. The molecule has 3 aromatic carbocycles. The van der Waals surface area contributed by atoms with E-state index in [4.69, 9.17) is 16.3 Å². The van der Waals surface area contributed by atoms with Gasteiger partial charge >= 0.3 is 6.03 Å². The van der Waals surface area contributed by atoms with Crippen molar-refractivity contribution in [3.63, 3.8) is 0 Å². The Balaban J connectivity index is 1.72. The van der Waals surface area contributed by atoms with Crippen molar-refractivity contribution < 1.29 is 19.4 Å². The second kappa shape index (κ2) is 8.88. The molecule has 11 heteroatoms. The van der Waals surface area contributed by atoms with Crippen LogP contribution in [0.25, 0.3) is 0 Å². The van der Waals surface area contributed by atoms with Gasteiger partial charge in [0.2, 0.25) is 0 Å². The lowest BCUT2D eigenvalue weighted by atomic mass is 10.2. The second-order valence-electron chi connectivity index (χ2n) is 5.88. The smallest absolute Gasteiger partial charge is 0.323 e. The van der Waals surface area contributed by atoms with Crippen LogP contribution in [0, 0.1) is 20.2 Å². The Hall–Kier alpha value is -4.18. The first-order chi connectivity index (χ1) is 14.3. The van der Waals surface area contributed by atoms with Gasteiger partial charge in [0.1, 0.15) is 17.2 Å². The Morgan fingerprint density at radius 2 is 1.47 bits per heavy atom. The molecule has 0 saturated heterocycles. The number of urea groups is 1. The quantitative estimate of drug-likeness (QED) is 0.387. The summed E-state index contributed by atoms with van der Waals surface area (Å²) >= 11 is 5.81. The zero-order valence-corrected chi connectivity index (χ0v) is 15.8. The Kier molecular flexibility index (Phi) is 6.08. The highest BCUT2D eigenvalue weighted by Crippen LogP contribution is 2.32. The molecule has 30 heavy (non-hydrogen) atoms. The van der Waals surface area contributed by atoms with Gasteiger partial charge in [-0.25, -0.2) is 4.79 Å². The molecule has 0 unspecified atom stereocenters. The van der Waals surface area contributed by atoms with Crippen molar-refractivity contribution in [3.05, 3.63) is 92.0 Å². The number of carbonyl (C=O) groups is 1. The maximum Gasteiger partial charge on any atom is 0.323 e. The zero-order valence-electron chi connectivity index (χ0n) is 15.1. The molecule has 0 radical (unpaired) electrons. The highest BCUT2D eigenvalue weighted by Gasteiger charge is 2.18. The molecule has 152 valence electrons. The molecule has 0 heterocycles. The van der Waals surface area contributed by atoms with Crippen LogP contribution < -0.4 is 15.4 Å². The highest BCUT2D eigenvalue weighted by atomic mass is 35.5. The molecule has 0 fully saturated rings. The van der Waals surface area contributed by atoms with E-state index < -0.39 is 15.9 Å². The second-order valence-corrected chi connectivity index (χ2v) is 6.31. The number of nitrogens with zero attached hydrogens (tertiary/aromatic N) is 2. The van der Waals surface area contributed by atoms with E-state index in [1.165, 1.54) is 42.5 Å². The number of hydrogen-bond donors (Lipinski definition) is 2. The number of carbonyl (C=O) groups excluding carboxylic acids is 1. The van der Waals surface area contributed by atoms with Gasteiger partial charge in [0.15, 0.2) is 0 Å². The average molecular weight is 429 g/mol. The fourth-order valence-corrected chi connectivity index (χ4v) is 2.55. The molecule has 2 amide bonds. The summed E-state index contributed by atoms with van der Waals surface area (Å²) in [5, 5.41) is 27.4. The number of nitrogens with one attached hydrogen (secondary N) is 2. The number of amides is 2. The molecule has 0 aromatic heterocycles. The van der Waals surface area contributed by atoms with E-state index in [2.05, 4.69) is 10.6 Å². The van der Waals surface area contributed by atoms with Crippen LogP contribution in [0.3, 0.4) is 0 Å². The molecule has 0 aliphatic heterocycles. The Morgan fingerprint density at radius 1 is 0.833 bits per heavy atom. The van der Waals surface area contributed by atoms with Crippen molar-refractivity contribution in [1.29, 1.82) is 0 Å². The third-order valence-electron chi connectivity index (χ3n) is 3.80. The topological polar surface area (TPSA) is 137 Å². The molecule has 0 aliphatic carbocycles. The van der Waals surface area contributed by atoms with E-state index in [1.807, 2.05) is 0 Å². The number of ether oxygens (including phenoxy) is 1. The lowest BCUT2D eigenvalue weighted by Gasteiger charge is -2.10. The number of rotatable bonds is 6. The first-order valence-electron chi connectivity index (χ1n) is 8.36. The predicted molar refractivity (Wildman–Crippen MR) is 110 cm³/mol. The largest absolute Gasteiger partial charge is 0.457 e. The van der Waals surface area contributed by atoms with E-state index >= 15 is 0 Å². The Morgan fingerprint density at radius 3 is 2.07 bits per heavy atom. The molecule has 0 atom stereocenters. The van der Waals surface area contributed by atoms with Crippen molar-refractivity contribution >= 4 is 40.4 Å². The summed E-state index contributed by atoms with van der Waals surface area (Å²) in [6.07, 6.45) is 0. The molecule has 0 saturated carbocycles. The van der Waals surface area contributed by atoms with Crippen LogP contribution in [0.4, 0.5) is 27.5 Å². The first kappa shape index (κ1) is 20.6. The van der Waals surface area contributed by atoms with Crippen LogP contribution >= 0.6 is 11.6 Å². The van der Waals surface area contributed by atoms with Crippen molar-refractivity contribution in [3.8, 4) is 11.5 Å². The molecule has 3 rings (SSSR count). The number of anilines is 2. The lowest BCUT2D eigenvalue weighted by molar-refractivity contribution is -0.384. The van der Waals surface area contributed by atoms with Gasteiger partial charge in [0, 0.05) is 22.8 Å². The van der Waals surface area contributed by atoms with E-state index in [1.54, 1.807) is 24.3 Å². The third kappa shape index (κ3) is 5.20. The minimum atomic E-state index is -0.752. The first-order valence-corrected chi connectivity index (χ1v) is 8.74. The Labute approximate surface area is 174 Å². The van der Waals surface area contributed by atoms with Crippen LogP contribution in [-0.2, 0) is 0 Å². The van der Waals surface area contributed by atoms with Crippen molar-refractivity contribution in [2.75, 3.05) is 10.6 Å². The monoisotopic (exact) mass is 428 g/mol. The molecule has 0 spiro atoms. The average Bonchev–Trinajstić information content (AvgIpc) is 2.71. The van der Waals surface area contributed by atoms with Gasteiger partial charge in [-0.3, -0.25) is 20.2 Å². The van der Waals surface area contributed by atoms with Gasteiger partial charge in [-0.1, -0.05) is 11.6 Å². The standard InChI is InChI=1S/C19H13ClN4O6/c20-12-1-7-15(8-2-12)30-16-9-10-17(18(11-16)24(28)29)22-19(25)21-13-3-5-14(6-4-13)23(26)27/h1-11H,(H2,21,22,25). The van der Waals surface area contributed by atoms with Gasteiger partial charge in [0.05, 0.1) is 15.9 Å². The molecular formula is C19H13ClN4O6. The minimum absolute atomic E-state index is 0.0529. The molecule has 0 aliphatic rings. The molecule has 3 aromatic rings. The Bertz CT molecular complexity index is 1100. The van der Waals surface area contributed by atoms with Crippen LogP contribution in [0.15, 0.2) is 66.7 Å². The van der Waals surface area contributed by atoms with E-state index in [9.17, 15) is 25.0 Å². The normalized spacial score (nSPS) is 10.2. The fraction of sp³-hybridized carbons (Fsp3) is 0. The van der Waals surface area contributed by atoms with Gasteiger partial charge < -0.3 is 15.4 Å². The van der Waals surface area contributed by atoms with Gasteiger partial charge in [0.25, 0.3) is 11.4 Å². The number of nitro benzene ring substituents is 2. The zero-order chi connectivity index (χ0) is 21.7. The third-order valence-corrected chi connectivity index (χ3v) is 4.05. The highest BCUT2D eigenvalue weighted by molar-refractivity contribution is 6.30. The van der Waals surface area contributed by atoms with Crippen LogP contribution in [0.2, 0.25) is 5.02 Å². The summed E-state index contributed by atoms with van der Waals surface area (Å²) in [4.78, 5) is 33.0. The van der Waals surface area contributed by atoms with Crippen LogP contribution in [-0.4, -0.2) is 15.9 Å². The summed E-state index contributed by atoms with van der Waals surface area (Å²) in [6.45, 7) is 0. The number of nitro groups is 2. The van der Waals surface area contributed by atoms with Crippen molar-refractivity contribution in [2.45, 2.75) is 0 Å². The summed E-state index contributed by atoms with van der Waals surface area (Å²) in [7, 11) is 0. The number of non-ortho nitro benzene ring substituents is 1. The fourth-order valence-electron chi connectivity index (χ4n) is 2.42. The molecular weight excluding hydrogens is 416 g/mol. The summed E-state index contributed by atoms with van der Waals surface area (Å²) in [5.41, 5.74) is -0.278. The maximum absolute atomic E-state index is 12.2. The lowest BCUT2D eigenvalue weighted by Crippen LogP contribution is -2.20. The summed E-state index contributed by atoms with van der Waals surface area (Å²) < 4.78 is 5.56.